The van der Waals surface area contributed by atoms with Crippen LogP contribution in [-0.4, -0.2) is 17.6 Å². The van der Waals surface area contributed by atoms with Crippen LogP contribution in [0.15, 0.2) is 30.3 Å². The zero-order valence-corrected chi connectivity index (χ0v) is 10.2. The van der Waals surface area contributed by atoms with Gasteiger partial charge in [-0.15, -0.1) is 0 Å². The summed E-state index contributed by atoms with van der Waals surface area (Å²) in [6, 6.07) is 8.85. The van der Waals surface area contributed by atoms with Gasteiger partial charge in [0.25, 0.3) is 0 Å². The average Bonchev–Trinajstić information content (AvgIpc) is 2.30. The second kappa shape index (κ2) is 6.50. The van der Waals surface area contributed by atoms with Gasteiger partial charge >= 0.3 is 0 Å². The molecular weight excluding hydrogens is 219 g/mol. The van der Waals surface area contributed by atoms with Crippen molar-refractivity contribution in [2.45, 2.75) is 38.2 Å². The minimum Gasteiger partial charge on any atom is -0.385 e. The van der Waals surface area contributed by atoms with Crippen molar-refractivity contribution in [1.82, 2.24) is 0 Å². The minimum absolute atomic E-state index is 0.00519. The summed E-state index contributed by atoms with van der Waals surface area (Å²) < 4.78 is 12.5. The van der Waals surface area contributed by atoms with E-state index in [0.717, 1.165) is 6.42 Å². The van der Waals surface area contributed by atoms with Crippen molar-refractivity contribution in [1.29, 1.82) is 0 Å². The molecular formula is C14H19FO2. The molecule has 1 atom stereocenters. The second-order valence-electron chi connectivity index (χ2n) is 4.30. The van der Waals surface area contributed by atoms with Crippen molar-refractivity contribution < 1.29 is 14.3 Å². The van der Waals surface area contributed by atoms with Crippen molar-refractivity contribution in [3.8, 4) is 0 Å². The number of ketones is 1. The van der Waals surface area contributed by atoms with E-state index in [9.17, 15) is 14.3 Å². The maximum Gasteiger partial charge on any atom is 0.136 e. The molecule has 1 unspecified atom stereocenters. The fourth-order valence-corrected chi connectivity index (χ4v) is 1.93. The van der Waals surface area contributed by atoms with Crippen LogP contribution < -0.4 is 0 Å². The first-order chi connectivity index (χ1) is 8.12. The summed E-state index contributed by atoms with van der Waals surface area (Å²) in [7, 11) is 0. The molecule has 0 heterocycles. The van der Waals surface area contributed by atoms with Crippen LogP contribution in [0.4, 0.5) is 4.39 Å². The predicted octanol–water partition coefficient (Wildman–Crippen LogP) is 2.99. The van der Waals surface area contributed by atoms with Crippen molar-refractivity contribution in [2.24, 2.45) is 0 Å². The summed E-state index contributed by atoms with van der Waals surface area (Å²) in [5, 5.41) is 10.4. The van der Waals surface area contributed by atoms with Crippen LogP contribution in [0, 0.1) is 0 Å². The summed E-state index contributed by atoms with van der Waals surface area (Å²) in [5.74, 6) is -0.0210. The molecule has 0 aliphatic rings. The summed E-state index contributed by atoms with van der Waals surface area (Å²) in [4.78, 5) is 11.6. The quantitative estimate of drug-likeness (QED) is 0.793. The largest absolute Gasteiger partial charge is 0.385 e. The van der Waals surface area contributed by atoms with Gasteiger partial charge < -0.3 is 5.11 Å². The van der Waals surface area contributed by atoms with E-state index in [4.69, 9.17) is 0 Å². The number of benzene rings is 1. The summed E-state index contributed by atoms with van der Waals surface area (Å²) in [6.07, 6.45) is 1.14. The highest BCUT2D eigenvalue weighted by molar-refractivity contribution is 5.79. The molecule has 2 nitrogen and oxygen atoms in total. The van der Waals surface area contributed by atoms with E-state index in [-0.39, 0.29) is 18.6 Å². The molecule has 1 aromatic carbocycles. The molecule has 3 heteroatoms. The molecule has 0 aromatic heterocycles. The SMILES string of the molecule is CCCC(=O)CC(O)(CCF)c1ccccc1. The summed E-state index contributed by atoms with van der Waals surface area (Å²) in [6.45, 7) is 1.28. The van der Waals surface area contributed by atoms with Crippen LogP contribution in [0.25, 0.3) is 0 Å². The lowest BCUT2D eigenvalue weighted by Gasteiger charge is -2.27. The highest BCUT2D eigenvalue weighted by Gasteiger charge is 2.31. The Kier molecular flexibility index (Phi) is 5.29. The molecule has 1 aromatic rings. The number of rotatable bonds is 7. The fourth-order valence-electron chi connectivity index (χ4n) is 1.93. The standard InChI is InChI=1S/C14H19FO2/c1-2-6-13(16)11-14(17,9-10-15)12-7-4-3-5-8-12/h3-5,7-8,17H,2,6,9-11H2,1H3. The highest BCUT2D eigenvalue weighted by Crippen LogP contribution is 2.29. The minimum atomic E-state index is -1.36. The highest BCUT2D eigenvalue weighted by atomic mass is 19.1. The van der Waals surface area contributed by atoms with Crippen LogP contribution in [0.1, 0.15) is 38.2 Å². The Balaban J connectivity index is 2.86. The predicted molar refractivity (Wildman–Crippen MR) is 65.5 cm³/mol. The van der Waals surface area contributed by atoms with Crippen LogP contribution in [0.3, 0.4) is 0 Å². The lowest BCUT2D eigenvalue weighted by Crippen LogP contribution is -2.29. The van der Waals surface area contributed by atoms with Gasteiger partial charge in [-0.25, -0.2) is 0 Å². The van der Waals surface area contributed by atoms with Gasteiger partial charge in [0.05, 0.1) is 12.3 Å². The molecule has 0 aliphatic carbocycles. The molecule has 0 saturated carbocycles. The second-order valence-corrected chi connectivity index (χ2v) is 4.30. The number of hydrogen-bond donors (Lipinski definition) is 1. The van der Waals surface area contributed by atoms with E-state index < -0.39 is 12.3 Å². The number of carbonyl (C=O) groups excluding carboxylic acids is 1. The number of aliphatic hydroxyl groups is 1. The molecule has 0 saturated heterocycles. The molecule has 0 bridgehead atoms. The first-order valence-corrected chi connectivity index (χ1v) is 5.98. The zero-order chi connectivity index (χ0) is 12.7. The zero-order valence-electron chi connectivity index (χ0n) is 10.2. The van der Waals surface area contributed by atoms with Crippen LogP contribution in [0.5, 0.6) is 0 Å². The molecule has 0 aliphatic heterocycles. The van der Waals surface area contributed by atoms with E-state index in [1.807, 2.05) is 13.0 Å². The van der Waals surface area contributed by atoms with Crippen molar-refractivity contribution in [3.05, 3.63) is 35.9 Å². The van der Waals surface area contributed by atoms with Gasteiger partial charge in [-0.05, 0) is 12.0 Å². The third-order valence-electron chi connectivity index (χ3n) is 2.84. The molecule has 94 valence electrons. The normalized spacial score (nSPS) is 14.3. The molecule has 0 amide bonds. The Labute approximate surface area is 101 Å². The van der Waals surface area contributed by atoms with E-state index in [2.05, 4.69) is 0 Å². The first kappa shape index (κ1) is 13.8. The van der Waals surface area contributed by atoms with E-state index in [1.54, 1.807) is 24.3 Å². The fraction of sp³-hybridized carbons (Fsp3) is 0.500. The van der Waals surface area contributed by atoms with E-state index in [0.29, 0.717) is 12.0 Å². The maximum absolute atomic E-state index is 12.5. The molecule has 0 fully saturated rings. The third kappa shape index (κ3) is 3.93. The van der Waals surface area contributed by atoms with E-state index >= 15 is 0 Å². The Morgan fingerprint density at radius 2 is 2.00 bits per heavy atom. The Morgan fingerprint density at radius 1 is 1.35 bits per heavy atom. The summed E-state index contributed by atoms with van der Waals surface area (Å²) in [5.41, 5.74) is -0.746. The maximum atomic E-state index is 12.5. The topological polar surface area (TPSA) is 37.3 Å². The van der Waals surface area contributed by atoms with Crippen molar-refractivity contribution in [2.75, 3.05) is 6.67 Å². The van der Waals surface area contributed by atoms with Gasteiger partial charge in [-0.1, -0.05) is 37.3 Å². The number of hydrogen-bond acceptors (Lipinski definition) is 2. The van der Waals surface area contributed by atoms with Crippen molar-refractivity contribution in [3.63, 3.8) is 0 Å². The third-order valence-corrected chi connectivity index (χ3v) is 2.84. The van der Waals surface area contributed by atoms with Gasteiger partial charge in [-0.3, -0.25) is 9.18 Å². The van der Waals surface area contributed by atoms with E-state index in [1.165, 1.54) is 0 Å². The number of carbonyl (C=O) groups is 1. The lowest BCUT2D eigenvalue weighted by atomic mass is 9.85. The molecule has 17 heavy (non-hydrogen) atoms. The Morgan fingerprint density at radius 3 is 2.53 bits per heavy atom. The van der Waals surface area contributed by atoms with Gasteiger partial charge in [0.1, 0.15) is 5.78 Å². The molecule has 0 radical (unpaired) electrons. The first-order valence-electron chi connectivity index (χ1n) is 5.98. The van der Waals surface area contributed by atoms with Crippen LogP contribution >= 0.6 is 0 Å². The molecule has 1 N–H and O–H groups in total. The van der Waals surface area contributed by atoms with Crippen LogP contribution in [-0.2, 0) is 10.4 Å². The average molecular weight is 238 g/mol. The van der Waals surface area contributed by atoms with Crippen molar-refractivity contribution >= 4 is 5.78 Å². The smallest absolute Gasteiger partial charge is 0.136 e. The van der Waals surface area contributed by atoms with Gasteiger partial charge in [0, 0.05) is 19.3 Å². The van der Waals surface area contributed by atoms with Gasteiger partial charge in [-0.2, -0.15) is 0 Å². The Hall–Kier alpha value is -1.22. The number of Topliss-reactive ketones (excluding diaryl/α,β-unsaturated/α-hetero) is 1. The monoisotopic (exact) mass is 238 g/mol. The number of alkyl halides is 1. The Bertz CT molecular complexity index is 350. The lowest BCUT2D eigenvalue weighted by molar-refractivity contribution is -0.124. The summed E-state index contributed by atoms with van der Waals surface area (Å²) >= 11 is 0. The van der Waals surface area contributed by atoms with Gasteiger partial charge in [0.2, 0.25) is 0 Å². The molecule has 1 rings (SSSR count). The molecule has 0 spiro atoms. The van der Waals surface area contributed by atoms with Crippen LogP contribution in [0.2, 0.25) is 0 Å². The number of halogens is 1. The van der Waals surface area contributed by atoms with Gasteiger partial charge in [0.15, 0.2) is 0 Å².